The molecule has 0 aliphatic carbocycles. The Morgan fingerprint density at radius 2 is 1.81 bits per heavy atom. The predicted molar refractivity (Wildman–Crippen MR) is 70.5 cm³/mol. The zero-order chi connectivity index (χ0) is 11.8. The first kappa shape index (κ1) is 13.0. The number of rotatable bonds is 7. The molecule has 1 aromatic heterocycles. The lowest BCUT2D eigenvalue weighted by Crippen LogP contribution is -1.98. The van der Waals surface area contributed by atoms with Gasteiger partial charge in [-0.2, -0.15) is 0 Å². The van der Waals surface area contributed by atoms with Crippen molar-refractivity contribution in [3.8, 4) is 0 Å². The van der Waals surface area contributed by atoms with Gasteiger partial charge in [0.1, 0.15) is 5.82 Å². The van der Waals surface area contributed by atoms with E-state index in [0.717, 1.165) is 12.0 Å². The largest absolute Gasteiger partial charge is 0.383 e. The van der Waals surface area contributed by atoms with Crippen LogP contribution in [-0.4, -0.2) is 4.98 Å². The van der Waals surface area contributed by atoms with Crippen LogP contribution in [0.15, 0.2) is 12.3 Å². The third kappa shape index (κ3) is 4.21. The second-order valence-electron chi connectivity index (χ2n) is 4.50. The van der Waals surface area contributed by atoms with Gasteiger partial charge in [-0.15, -0.1) is 0 Å². The maximum absolute atomic E-state index is 5.78. The Hall–Kier alpha value is -1.05. The van der Waals surface area contributed by atoms with E-state index in [1.54, 1.807) is 0 Å². The Bertz CT molecular complexity index is 308. The number of unbranched alkanes of at least 4 members (excludes halogenated alkanes) is 5. The monoisotopic (exact) mass is 220 g/mol. The van der Waals surface area contributed by atoms with E-state index in [2.05, 4.69) is 24.9 Å². The molecule has 90 valence electrons. The lowest BCUT2D eigenvalue weighted by atomic mass is 10.0. The molecule has 0 spiro atoms. The molecule has 2 heteroatoms. The molecule has 1 heterocycles. The summed E-state index contributed by atoms with van der Waals surface area (Å²) in [5.74, 6) is 0.684. The van der Waals surface area contributed by atoms with Crippen molar-refractivity contribution in [1.29, 1.82) is 0 Å². The molecule has 0 amide bonds. The molecule has 0 atom stereocenters. The van der Waals surface area contributed by atoms with E-state index in [4.69, 9.17) is 5.73 Å². The van der Waals surface area contributed by atoms with Crippen molar-refractivity contribution in [3.63, 3.8) is 0 Å². The molecular formula is C14H24N2. The van der Waals surface area contributed by atoms with Crippen molar-refractivity contribution in [2.75, 3.05) is 5.73 Å². The van der Waals surface area contributed by atoms with E-state index in [0.29, 0.717) is 5.82 Å². The number of aromatic nitrogens is 1. The number of anilines is 1. The Labute approximate surface area is 99.3 Å². The SMILES string of the molecule is CCCCCCCCc1ccnc(N)c1C. The third-order valence-electron chi connectivity index (χ3n) is 3.15. The highest BCUT2D eigenvalue weighted by Gasteiger charge is 2.01. The molecule has 1 aromatic rings. The highest BCUT2D eigenvalue weighted by molar-refractivity contribution is 5.43. The highest BCUT2D eigenvalue weighted by Crippen LogP contribution is 2.16. The molecule has 0 radical (unpaired) electrons. The van der Waals surface area contributed by atoms with Crippen LogP contribution in [0.3, 0.4) is 0 Å². The zero-order valence-electron chi connectivity index (χ0n) is 10.6. The summed E-state index contributed by atoms with van der Waals surface area (Å²) in [5, 5.41) is 0. The Morgan fingerprint density at radius 3 is 2.56 bits per heavy atom. The standard InChI is InChI=1S/C14H24N2/c1-3-4-5-6-7-8-9-13-10-11-16-14(15)12(13)2/h10-11H,3-9H2,1-2H3,(H2,15,16). The van der Waals surface area contributed by atoms with Crippen molar-refractivity contribution in [1.82, 2.24) is 4.98 Å². The van der Waals surface area contributed by atoms with E-state index >= 15 is 0 Å². The molecule has 0 unspecified atom stereocenters. The van der Waals surface area contributed by atoms with Gasteiger partial charge in [-0.3, -0.25) is 0 Å². The average Bonchev–Trinajstić information content (AvgIpc) is 2.29. The van der Waals surface area contributed by atoms with Gasteiger partial charge in [0.2, 0.25) is 0 Å². The lowest BCUT2D eigenvalue weighted by Gasteiger charge is -2.07. The maximum Gasteiger partial charge on any atom is 0.126 e. The van der Waals surface area contributed by atoms with Crippen LogP contribution in [-0.2, 0) is 6.42 Å². The maximum atomic E-state index is 5.78. The van der Waals surface area contributed by atoms with Crippen LogP contribution in [0, 0.1) is 6.92 Å². The molecular weight excluding hydrogens is 196 g/mol. The normalized spacial score (nSPS) is 10.6. The number of hydrogen-bond acceptors (Lipinski definition) is 2. The van der Waals surface area contributed by atoms with E-state index in [1.807, 2.05) is 6.20 Å². The fourth-order valence-corrected chi connectivity index (χ4v) is 1.96. The summed E-state index contributed by atoms with van der Waals surface area (Å²) in [6.07, 6.45) is 11.0. The lowest BCUT2D eigenvalue weighted by molar-refractivity contribution is 0.607. The fraction of sp³-hybridized carbons (Fsp3) is 0.643. The molecule has 2 nitrogen and oxygen atoms in total. The zero-order valence-corrected chi connectivity index (χ0v) is 10.6. The minimum absolute atomic E-state index is 0.684. The highest BCUT2D eigenvalue weighted by atomic mass is 14.8. The minimum atomic E-state index is 0.684. The van der Waals surface area contributed by atoms with Crippen LogP contribution >= 0.6 is 0 Å². The molecule has 0 aromatic carbocycles. The number of aryl methyl sites for hydroxylation is 1. The van der Waals surface area contributed by atoms with Gasteiger partial charge in [0.15, 0.2) is 0 Å². The second-order valence-corrected chi connectivity index (χ2v) is 4.50. The van der Waals surface area contributed by atoms with E-state index in [1.165, 1.54) is 44.1 Å². The van der Waals surface area contributed by atoms with Crippen molar-refractivity contribution in [2.45, 2.75) is 58.8 Å². The Morgan fingerprint density at radius 1 is 1.12 bits per heavy atom. The van der Waals surface area contributed by atoms with Crippen LogP contribution in [0.5, 0.6) is 0 Å². The number of pyridine rings is 1. The summed E-state index contributed by atoms with van der Waals surface area (Å²) in [6.45, 7) is 4.32. The number of hydrogen-bond donors (Lipinski definition) is 1. The van der Waals surface area contributed by atoms with Crippen molar-refractivity contribution in [2.24, 2.45) is 0 Å². The molecule has 1 rings (SSSR count). The smallest absolute Gasteiger partial charge is 0.126 e. The summed E-state index contributed by atoms with van der Waals surface area (Å²) in [5.41, 5.74) is 8.31. The molecule has 0 saturated carbocycles. The number of nitrogens with zero attached hydrogens (tertiary/aromatic N) is 1. The Kier molecular flexibility index (Phi) is 5.91. The molecule has 16 heavy (non-hydrogen) atoms. The Balaban J connectivity index is 2.24. The van der Waals surface area contributed by atoms with Crippen LogP contribution in [0.2, 0.25) is 0 Å². The molecule has 0 aliphatic heterocycles. The average molecular weight is 220 g/mol. The van der Waals surface area contributed by atoms with Crippen LogP contribution in [0.1, 0.15) is 56.6 Å². The van der Waals surface area contributed by atoms with Crippen molar-refractivity contribution in [3.05, 3.63) is 23.4 Å². The quantitative estimate of drug-likeness (QED) is 0.708. The summed E-state index contributed by atoms with van der Waals surface area (Å²) < 4.78 is 0. The van der Waals surface area contributed by atoms with Gasteiger partial charge in [-0.05, 0) is 37.0 Å². The first-order valence-corrected chi connectivity index (χ1v) is 6.45. The molecule has 0 aliphatic rings. The molecule has 0 bridgehead atoms. The first-order chi connectivity index (χ1) is 7.75. The molecule has 2 N–H and O–H groups in total. The van der Waals surface area contributed by atoms with Gasteiger partial charge < -0.3 is 5.73 Å². The topological polar surface area (TPSA) is 38.9 Å². The molecule has 0 fully saturated rings. The second kappa shape index (κ2) is 7.26. The first-order valence-electron chi connectivity index (χ1n) is 6.45. The van der Waals surface area contributed by atoms with E-state index in [-0.39, 0.29) is 0 Å². The van der Waals surface area contributed by atoms with Gasteiger partial charge in [-0.25, -0.2) is 4.98 Å². The van der Waals surface area contributed by atoms with Crippen LogP contribution in [0.4, 0.5) is 5.82 Å². The fourth-order valence-electron chi connectivity index (χ4n) is 1.96. The molecule has 0 saturated heterocycles. The summed E-state index contributed by atoms with van der Waals surface area (Å²) in [6, 6.07) is 2.09. The summed E-state index contributed by atoms with van der Waals surface area (Å²) in [7, 11) is 0. The van der Waals surface area contributed by atoms with Gasteiger partial charge in [0, 0.05) is 6.20 Å². The summed E-state index contributed by atoms with van der Waals surface area (Å²) >= 11 is 0. The van der Waals surface area contributed by atoms with Crippen LogP contribution in [0.25, 0.3) is 0 Å². The van der Waals surface area contributed by atoms with Gasteiger partial charge in [0.25, 0.3) is 0 Å². The van der Waals surface area contributed by atoms with Gasteiger partial charge in [-0.1, -0.05) is 39.0 Å². The van der Waals surface area contributed by atoms with Crippen molar-refractivity contribution >= 4 is 5.82 Å². The summed E-state index contributed by atoms with van der Waals surface area (Å²) in [4.78, 5) is 4.09. The van der Waals surface area contributed by atoms with E-state index in [9.17, 15) is 0 Å². The van der Waals surface area contributed by atoms with E-state index < -0.39 is 0 Å². The van der Waals surface area contributed by atoms with Crippen LogP contribution < -0.4 is 5.73 Å². The number of nitrogen functional groups attached to an aromatic ring is 1. The third-order valence-corrected chi connectivity index (χ3v) is 3.15. The van der Waals surface area contributed by atoms with Gasteiger partial charge >= 0.3 is 0 Å². The minimum Gasteiger partial charge on any atom is -0.383 e. The predicted octanol–water partition coefficient (Wildman–Crippen LogP) is 3.88. The van der Waals surface area contributed by atoms with Crippen molar-refractivity contribution < 1.29 is 0 Å². The number of nitrogens with two attached hydrogens (primary N) is 1. The van der Waals surface area contributed by atoms with Gasteiger partial charge in [0.05, 0.1) is 0 Å².